The van der Waals surface area contributed by atoms with Crippen LogP contribution in [0.4, 0.5) is 13.2 Å². The highest BCUT2D eigenvalue weighted by Gasteiger charge is 2.30. The number of nitrogens with one attached hydrogen (secondary N) is 2. The number of alkyl halides is 3. The van der Waals surface area contributed by atoms with E-state index in [-0.39, 0.29) is 12.4 Å². The number of ether oxygens (including phenoxy) is 2. The third-order valence-electron chi connectivity index (χ3n) is 5.62. The Morgan fingerprint density at radius 2 is 1.92 bits per heavy atom. The minimum Gasteiger partial charge on any atom is -0.496 e. The van der Waals surface area contributed by atoms with Crippen molar-refractivity contribution in [1.29, 1.82) is 0 Å². The third kappa shape index (κ3) is 5.29. The first kappa shape index (κ1) is 24.1. The molecule has 4 aromatic rings. The second-order valence-electron chi connectivity index (χ2n) is 8.18. The first-order valence-corrected chi connectivity index (χ1v) is 11.9. The Balaban J connectivity index is 1.43. The lowest BCUT2D eigenvalue weighted by Gasteiger charge is -2.13. The van der Waals surface area contributed by atoms with Crippen molar-refractivity contribution < 1.29 is 27.2 Å². The monoisotopic (exact) mass is 518 g/mol. The van der Waals surface area contributed by atoms with Crippen molar-refractivity contribution in [3.63, 3.8) is 0 Å². The minimum atomic E-state index is -4.40. The van der Waals surface area contributed by atoms with Gasteiger partial charge in [0, 0.05) is 18.2 Å². The molecule has 36 heavy (non-hydrogen) atoms. The van der Waals surface area contributed by atoms with Crippen LogP contribution in [0.2, 0.25) is 0 Å². The summed E-state index contributed by atoms with van der Waals surface area (Å²) in [4.78, 5) is 19.5. The van der Waals surface area contributed by atoms with Crippen LogP contribution in [-0.4, -0.2) is 28.3 Å². The SMILES string of the molecule is COc1cccc(OCc2sc(-c3ccc(C(F)(F)F)cc3)nc2CNC2CC2)c1-c1noc(=O)[nH]1. The number of hydrogen-bond donors (Lipinski definition) is 2. The number of aromatic amines is 1. The van der Waals surface area contributed by atoms with Crippen LogP contribution in [0.1, 0.15) is 29.0 Å². The maximum absolute atomic E-state index is 13.0. The summed E-state index contributed by atoms with van der Waals surface area (Å²) in [6.45, 7) is 0.657. The summed E-state index contributed by atoms with van der Waals surface area (Å²) in [5.74, 6) is 0.295. The Labute approximate surface area is 207 Å². The van der Waals surface area contributed by atoms with Gasteiger partial charge >= 0.3 is 11.9 Å². The average Bonchev–Trinajstić information content (AvgIpc) is 3.46. The van der Waals surface area contributed by atoms with Gasteiger partial charge in [0.25, 0.3) is 0 Å². The summed E-state index contributed by atoms with van der Waals surface area (Å²) in [7, 11) is 1.49. The lowest BCUT2D eigenvalue weighted by atomic mass is 10.1. The molecule has 2 aromatic heterocycles. The number of nitrogens with zero attached hydrogens (tertiary/aromatic N) is 2. The molecule has 0 radical (unpaired) electrons. The molecule has 2 aromatic carbocycles. The van der Waals surface area contributed by atoms with E-state index >= 15 is 0 Å². The zero-order valence-electron chi connectivity index (χ0n) is 19.0. The molecule has 1 fully saturated rings. The van der Waals surface area contributed by atoms with Crippen LogP contribution in [-0.2, 0) is 19.3 Å². The lowest BCUT2D eigenvalue weighted by molar-refractivity contribution is -0.137. The van der Waals surface area contributed by atoms with Crippen molar-refractivity contribution in [2.45, 2.75) is 38.2 Å². The maximum atomic E-state index is 13.0. The summed E-state index contributed by atoms with van der Waals surface area (Å²) in [5.41, 5.74) is 1.07. The van der Waals surface area contributed by atoms with E-state index in [9.17, 15) is 18.0 Å². The molecule has 2 heterocycles. The van der Waals surface area contributed by atoms with E-state index in [1.165, 1.54) is 30.6 Å². The predicted octanol–water partition coefficient (Wildman–Crippen LogP) is 5.01. The van der Waals surface area contributed by atoms with Crippen molar-refractivity contribution in [3.8, 4) is 33.5 Å². The van der Waals surface area contributed by atoms with Crippen LogP contribution < -0.4 is 20.5 Å². The Kier molecular flexibility index (Phi) is 6.54. The number of rotatable bonds is 9. The average molecular weight is 519 g/mol. The van der Waals surface area contributed by atoms with Gasteiger partial charge in [0.1, 0.15) is 28.7 Å². The molecule has 8 nitrogen and oxygen atoms in total. The van der Waals surface area contributed by atoms with E-state index < -0.39 is 17.5 Å². The Morgan fingerprint density at radius 1 is 1.17 bits per heavy atom. The van der Waals surface area contributed by atoms with Gasteiger partial charge in [0.05, 0.1) is 23.2 Å². The molecule has 0 aliphatic heterocycles. The molecule has 188 valence electrons. The summed E-state index contributed by atoms with van der Waals surface area (Å²) >= 11 is 1.35. The van der Waals surface area contributed by atoms with Crippen molar-refractivity contribution >= 4 is 11.3 Å². The molecule has 0 amide bonds. The number of methoxy groups -OCH3 is 1. The normalized spacial score (nSPS) is 13.7. The second kappa shape index (κ2) is 9.78. The molecule has 1 aliphatic carbocycles. The van der Waals surface area contributed by atoms with E-state index in [0.29, 0.717) is 40.2 Å². The molecule has 1 saturated carbocycles. The second-order valence-corrected chi connectivity index (χ2v) is 9.27. The number of thiazole rings is 1. The minimum absolute atomic E-state index is 0.141. The zero-order valence-corrected chi connectivity index (χ0v) is 19.8. The molecule has 0 atom stereocenters. The van der Waals surface area contributed by atoms with Gasteiger partial charge in [-0.3, -0.25) is 9.51 Å². The highest BCUT2D eigenvalue weighted by molar-refractivity contribution is 7.15. The Bertz CT molecular complexity index is 1410. The van der Waals surface area contributed by atoms with E-state index in [1.54, 1.807) is 18.2 Å². The summed E-state index contributed by atoms with van der Waals surface area (Å²) in [6, 6.07) is 10.6. The smallest absolute Gasteiger partial charge is 0.439 e. The molecule has 0 unspecified atom stereocenters. The standard InChI is InChI=1S/C24H21F3N4O4S/c1-33-17-3-2-4-18(20(17)21-30-23(32)35-31-21)34-12-19-16(11-28-15-9-10-15)29-22(36-19)13-5-7-14(8-6-13)24(25,26)27/h2-8,15,28H,9-12H2,1H3,(H,30,31,32). The molecular formula is C24H21F3N4O4S. The van der Waals surface area contributed by atoms with Gasteiger partial charge in [-0.15, -0.1) is 11.3 Å². The fourth-order valence-electron chi connectivity index (χ4n) is 3.60. The van der Waals surface area contributed by atoms with Gasteiger partial charge in [-0.2, -0.15) is 13.2 Å². The lowest BCUT2D eigenvalue weighted by Crippen LogP contribution is -2.16. The summed E-state index contributed by atoms with van der Waals surface area (Å²) < 4.78 is 55.1. The van der Waals surface area contributed by atoms with Crippen molar-refractivity contribution in [2.24, 2.45) is 0 Å². The molecule has 2 N–H and O–H groups in total. The summed E-state index contributed by atoms with van der Waals surface area (Å²) in [6.07, 6.45) is -2.20. The first-order chi connectivity index (χ1) is 17.3. The molecule has 0 spiro atoms. The number of benzene rings is 2. The topological polar surface area (TPSA) is 102 Å². The first-order valence-electron chi connectivity index (χ1n) is 11.1. The number of aromatic nitrogens is 3. The fourth-order valence-corrected chi connectivity index (χ4v) is 4.60. The van der Waals surface area contributed by atoms with E-state index in [2.05, 4.69) is 20.0 Å². The molecule has 12 heteroatoms. The molecular weight excluding hydrogens is 497 g/mol. The van der Waals surface area contributed by atoms with Crippen LogP contribution in [0.15, 0.2) is 51.8 Å². The van der Waals surface area contributed by atoms with Gasteiger partial charge in [-0.1, -0.05) is 23.4 Å². The van der Waals surface area contributed by atoms with Crippen LogP contribution in [0.3, 0.4) is 0 Å². The summed E-state index contributed by atoms with van der Waals surface area (Å²) in [5, 5.41) is 7.77. The number of hydrogen-bond acceptors (Lipinski definition) is 8. The molecule has 1 aliphatic rings. The van der Waals surface area contributed by atoms with Gasteiger partial charge in [0.2, 0.25) is 0 Å². The van der Waals surface area contributed by atoms with Crippen LogP contribution in [0.25, 0.3) is 22.0 Å². The van der Waals surface area contributed by atoms with E-state index in [1.807, 2.05) is 0 Å². The Hall–Kier alpha value is -3.64. The third-order valence-corrected chi connectivity index (χ3v) is 6.74. The quantitative estimate of drug-likeness (QED) is 0.321. The predicted molar refractivity (Wildman–Crippen MR) is 126 cm³/mol. The Morgan fingerprint density at radius 3 is 2.56 bits per heavy atom. The molecule has 0 saturated heterocycles. The van der Waals surface area contributed by atoms with Crippen molar-refractivity contribution in [2.75, 3.05) is 7.11 Å². The largest absolute Gasteiger partial charge is 0.496 e. The highest BCUT2D eigenvalue weighted by Crippen LogP contribution is 2.38. The molecule has 5 rings (SSSR count). The fraction of sp³-hybridized carbons (Fsp3) is 0.292. The van der Waals surface area contributed by atoms with Gasteiger partial charge < -0.3 is 14.8 Å². The van der Waals surface area contributed by atoms with Crippen LogP contribution in [0.5, 0.6) is 11.5 Å². The zero-order chi connectivity index (χ0) is 25.3. The maximum Gasteiger partial charge on any atom is 0.439 e. The van der Waals surface area contributed by atoms with Crippen LogP contribution in [0, 0.1) is 0 Å². The van der Waals surface area contributed by atoms with Gasteiger partial charge in [-0.25, -0.2) is 9.78 Å². The van der Waals surface area contributed by atoms with E-state index in [0.717, 1.165) is 35.5 Å². The van der Waals surface area contributed by atoms with Gasteiger partial charge in [0.15, 0.2) is 5.82 Å². The highest BCUT2D eigenvalue weighted by atomic mass is 32.1. The van der Waals surface area contributed by atoms with Crippen molar-refractivity contribution in [1.82, 2.24) is 20.4 Å². The molecule has 0 bridgehead atoms. The van der Waals surface area contributed by atoms with E-state index in [4.69, 9.17) is 14.5 Å². The van der Waals surface area contributed by atoms with Crippen LogP contribution >= 0.6 is 11.3 Å². The number of halogens is 3. The van der Waals surface area contributed by atoms with Gasteiger partial charge in [-0.05, 0) is 37.1 Å². The number of H-pyrrole nitrogens is 1. The van der Waals surface area contributed by atoms with Crippen molar-refractivity contribution in [3.05, 3.63) is 69.1 Å².